The molecule has 0 unspecified atom stereocenters. The summed E-state index contributed by atoms with van der Waals surface area (Å²) < 4.78 is 1.73. The summed E-state index contributed by atoms with van der Waals surface area (Å²) in [7, 11) is 0. The maximum absolute atomic E-state index is 6.36. The molecule has 0 atom stereocenters. The summed E-state index contributed by atoms with van der Waals surface area (Å²) in [5, 5.41) is 4.97. The zero-order chi connectivity index (χ0) is 13.7. The molecule has 100 valence electrons. The van der Waals surface area contributed by atoms with E-state index in [0.29, 0.717) is 11.1 Å². The van der Waals surface area contributed by atoms with Gasteiger partial charge in [-0.1, -0.05) is 35.9 Å². The maximum atomic E-state index is 6.36. The highest BCUT2D eigenvalue weighted by Gasteiger charge is 2.28. The topological polar surface area (TPSA) is 30.2 Å². The molecule has 0 saturated heterocycles. The molecule has 20 heavy (non-hydrogen) atoms. The summed E-state index contributed by atoms with van der Waals surface area (Å²) in [6.45, 7) is 2.09. The van der Waals surface area contributed by atoms with Crippen molar-refractivity contribution in [3.05, 3.63) is 52.8 Å². The van der Waals surface area contributed by atoms with E-state index in [1.54, 1.807) is 4.52 Å². The van der Waals surface area contributed by atoms with Gasteiger partial charge in [0.05, 0.1) is 11.9 Å². The van der Waals surface area contributed by atoms with Crippen molar-refractivity contribution >= 4 is 17.2 Å². The summed E-state index contributed by atoms with van der Waals surface area (Å²) in [6, 6.07) is 10.1. The fourth-order valence-corrected chi connectivity index (χ4v) is 2.85. The fourth-order valence-electron chi connectivity index (χ4n) is 2.62. The van der Waals surface area contributed by atoms with Crippen LogP contribution < -0.4 is 0 Å². The van der Waals surface area contributed by atoms with Crippen molar-refractivity contribution in [3.63, 3.8) is 0 Å². The van der Waals surface area contributed by atoms with Crippen LogP contribution in [0, 0.1) is 6.92 Å². The van der Waals surface area contributed by atoms with Gasteiger partial charge in [-0.25, -0.2) is 9.50 Å². The summed E-state index contributed by atoms with van der Waals surface area (Å²) >= 11 is 6.36. The minimum Gasteiger partial charge on any atom is -0.228 e. The Morgan fingerprint density at radius 1 is 1.25 bits per heavy atom. The van der Waals surface area contributed by atoms with Gasteiger partial charge in [0.1, 0.15) is 5.15 Å². The van der Waals surface area contributed by atoms with Gasteiger partial charge in [0.15, 0.2) is 5.65 Å². The molecule has 0 bridgehead atoms. The Morgan fingerprint density at radius 3 is 2.80 bits per heavy atom. The summed E-state index contributed by atoms with van der Waals surface area (Å²) in [6.07, 6.45) is 4.37. The number of hydrogen-bond donors (Lipinski definition) is 0. The first-order valence-corrected chi connectivity index (χ1v) is 7.22. The van der Waals surface area contributed by atoms with Crippen LogP contribution in [0.25, 0.3) is 16.9 Å². The first-order chi connectivity index (χ1) is 9.74. The van der Waals surface area contributed by atoms with E-state index in [9.17, 15) is 0 Å². The van der Waals surface area contributed by atoms with Crippen molar-refractivity contribution in [3.8, 4) is 11.3 Å². The number of benzene rings is 1. The van der Waals surface area contributed by atoms with Crippen LogP contribution in [-0.2, 0) is 0 Å². The molecule has 2 heterocycles. The Labute approximate surface area is 122 Å². The van der Waals surface area contributed by atoms with E-state index in [-0.39, 0.29) is 0 Å². The van der Waals surface area contributed by atoms with Crippen LogP contribution in [0.4, 0.5) is 0 Å². The van der Waals surface area contributed by atoms with Crippen molar-refractivity contribution in [1.82, 2.24) is 14.6 Å². The molecular formula is C16H14ClN3. The molecule has 1 saturated carbocycles. The van der Waals surface area contributed by atoms with Crippen LogP contribution in [0.15, 0.2) is 36.5 Å². The number of halogens is 1. The van der Waals surface area contributed by atoms with Crippen LogP contribution in [0.1, 0.15) is 29.9 Å². The van der Waals surface area contributed by atoms with Crippen molar-refractivity contribution in [2.45, 2.75) is 25.7 Å². The van der Waals surface area contributed by atoms with Gasteiger partial charge in [0, 0.05) is 17.2 Å². The monoisotopic (exact) mass is 283 g/mol. The molecule has 0 amide bonds. The van der Waals surface area contributed by atoms with Crippen molar-refractivity contribution in [2.75, 3.05) is 0 Å². The lowest BCUT2D eigenvalue weighted by atomic mass is 10.1. The molecular weight excluding hydrogens is 270 g/mol. The molecule has 1 aliphatic rings. The number of nitrogens with zero attached hydrogens (tertiary/aromatic N) is 3. The smallest absolute Gasteiger partial charge is 0.160 e. The Morgan fingerprint density at radius 2 is 2.05 bits per heavy atom. The third kappa shape index (κ3) is 1.81. The minimum absolute atomic E-state index is 0.611. The molecule has 1 aliphatic carbocycles. The van der Waals surface area contributed by atoms with Crippen molar-refractivity contribution in [2.24, 2.45) is 0 Å². The Balaban J connectivity index is 1.97. The van der Waals surface area contributed by atoms with Crippen LogP contribution >= 0.6 is 11.6 Å². The molecule has 0 spiro atoms. The van der Waals surface area contributed by atoms with Gasteiger partial charge >= 0.3 is 0 Å². The average Bonchev–Trinajstić information content (AvgIpc) is 3.19. The number of aryl methyl sites for hydroxylation is 1. The summed E-state index contributed by atoms with van der Waals surface area (Å²) in [5.41, 5.74) is 5.37. The molecule has 1 aromatic carbocycles. The zero-order valence-corrected chi connectivity index (χ0v) is 11.9. The van der Waals surface area contributed by atoms with Crippen LogP contribution in [0.5, 0.6) is 0 Å². The molecule has 0 N–H and O–H groups in total. The number of rotatable bonds is 2. The van der Waals surface area contributed by atoms with E-state index in [0.717, 1.165) is 16.9 Å². The second-order valence-corrected chi connectivity index (χ2v) is 5.78. The molecule has 0 radical (unpaired) electrons. The van der Waals surface area contributed by atoms with E-state index in [1.807, 2.05) is 24.4 Å². The van der Waals surface area contributed by atoms with Crippen molar-refractivity contribution in [1.29, 1.82) is 0 Å². The lowest BCUT2D eigenvalue weighted by Crippen LogP contribution is -1.96. The number of aromatic nitrogens is 3. The highest BCUT2D eigenvalue weighted by Crippen LogP contribution is 2.42. The lowest BCUT2D eigenvalue weighted by Gasteiger charge is -2.07. The Hall–Kier alpha value is -1.87. The Bertz CT molecular complexity index is 803. The lowest BCUT2D eigenvalue weighted by molar-refractivity contribution is 0.941. The van der Waals surface area contributed by atoms with E-state index in [2.05, 4.69) is 24.2 Å². The third-order valence-electron chi connectivity index (χ3n) is 3.89. The summed E-state index contributed by atoms with van der Waals surface area (Å²) in [4.78, 5) is 4.80. The van der Waals surface area contributed by atoms with Gasteiger partial charge in [0.2, 0.25) is 0 Å². The second kappa shape index (κ2) is 4.32. The largest absolute Gasteiger partial charge is 0.228 e. The Kier molecular flexibility index (Phi) is 2.57. The van der Waals surface area contributed by atoms with Gasteiger partial charge in [-0.05, 0) is 31.2 Å². The summed E-state index contributed by atoms with van der Waals surface area (Å²) in [5.74, 6) is 0.614. The highest BCUT2D eigenvalue weighted by molar-refractivity contribution is 6.30. The van der Waals surface area contributed by atoms with Gasteiger partial charge in [0.25, 0.3) is 0 Å². The molecule has 3 aromatic rings. The first-order valence-electron chi connectivity index (χ1n) is 6.84. The second-order valence-electron chi connectivity index (χ2n) is 5.39. The minimum atomic E-state index is 0.611. The third-order valence-corrected chi connectivity index (χ3v) is 4.16. The number of hydrogen-bond acceptors (Lipinski definition) is 2. The molecule has 3 nitrogen and oxygen atoms in total. The van der Waals surface area contributed by atoms with Crippen LogP contribution in [0.3, 0.4) is 0 Å². The van der Waals surface area contributed by atoms with E-state index >= 15 is 0 Å². The fraction of sp³-hybridized carbons (Fsp3) is 0.250. The van der Waals surface area contributed by atoms with E-state index in [1.165, 1.54) is 24.0 Å². The van der Waals surface area contributed by atoms with Crippen molar-refractivity contribution < 1.29 is 0 Å². The molecule has 1 fully saturated rings. The van der Waals surface area contributed by atoms with Gasteiger partial charge in [-0.2, -0.15) is 5.10 Å². The highest BCUT2D eigenvalue weighted by atomic mass is 35.5. The predicted molar refractivity (Wildman–Crippen MR) is 80.1 cm³/mol. The molecule has 4 rings (SSSR count). The van der Waals surface area contributed by atoms with Gasteiger partial charge in [-0.3, -0.25) is 0 Å². The van der Waals surface area contributed by atoms with E-state index in [4.69, 9.17) is 16.6 Å². The zero-order valence-electron chi connectivity index (χ0n) is 11.2. The number of fused-ring (bicyclic) bond motifs is 1. The normalized spacial score (nSPS) is 14.9. The van der Waals surface area contributed by atoms with Crippen LogP contribution in [-0.4, -0.2) is 14.6 Å². The predicted octanol–water partition coefficient (Wildman–Crippen LogP) is 4.24. The van der Waals surface area contributed by atoms with Crippen LogP contribution in [0.2, 0.25) is 5.15 Å². The molecule has 0 aliphatic heterocycles. The van der Waals surface area contributed by atoms with Gasteiger partial charge in [-0.15, -0.1) is 0 Å². The maximum Gasteiger partial charge on any atom is 0.160 e. The standard InChI is InChI=1S/C16H14ClN3/c1-10-4-2-3-5-12(10)14-8-15(17)20-16(19-14)13(9-18-20)11-6-7-11/h2-5,8-9,11H,6-7H2,1H3. The SMILES string of the molecule is Cc1ccccc1-c1cc(Cl)n2ncc(C3CC3)c2n1. The average molecular weight is 284 g/mol. The van der Waals surface area contributed by atoms with Gasteiger partial charge < -0.3 is 0 Å². The molecule has 2 aromatic heterocycles. The van der Waals surface area contributed by atoms with E-state index < -0.39 is 0 Å². The quantitative estimate of drug-likeness (QED) is 0.659. The molecule has 4 heteroatoms. The first kappa shape index (κ1) is 11.9.